The molecule has 0 aliphatic heterocycles. The summed E-state index contributed by atoms with van der Waals surface area (Å²) >= 11 is 0. The second-order valence-electron chi connectivity index (χ2n) is 7.06. The second kappa shape index (κ2) is 5.25. The highest BCUT2D eigenvalue weighted by atomic mass is 16.3. The van der Waals surface area contributed by atoms with Crippen molar-refractivity contribution in [1.29, 1.82) is 0 Å². The second-order valence-corrected chi connectivity index (χ2v) is 7.06. The van der Waals surface area contributed by atoms with Crippen molar-refractivity contribution in [2.24, 2.45) is 13.0 Å². The molecule has 5 nitrogen and oxygen atoms in total. The zero-order chi connectivity index (χ0) is 16.1. The normalized spacial score (nSPS) is 23.1. The number of hydrogen-bond donors (Lipinski definition) is 0. The van der Waals surface area contributed by atoms with Crippen molar-refractivity contribution >= 4 is 5.91 Å². The van der Waals surface area contributed by atoms with Crippen LogP contribution >= 0.6 is 0 Å². The van der Waals surface area contributed by atoms with Crippen LogP contribution < -0.4 is 0 Å². The highest BCUT2D eigenvalue weighted by Gasteiger charge is 2.38. The molecule has 0 spiro atoms. The summed E-state index contributed by atoms with van der Waals surface area (Å²) in [5.41, 5.74) is 1.61. The van der Waals surface area contributed by atoms with Crippen LogP contribution in [0.5, 0.6) is 0 Å². The van der Waals surface area contributed by atoms with Crippen LogP contribution in [0.2, 0.25) is 0 Å². The molecule has 0 aromatic carbocycles. The smallest absolute Gasteiger partial charge is 0.257 e. The van der Waals surface area contributed by atoms with E-state index in [2.05, 4.69) is 18.1 Å². The van der Waals surface area contributed by atoms with Crippen molar-refractivity contribution in [3.63, 3.8) is 0 Å². The lowest BCUT2D eigenvalue weighted by atomic mass is 10.2. The molecule has 23 heavy (non-hydrogen) atoms. The molecule has 122 valence electrons. The molecule has 2 atom stereocenters. The number of amides is 1. The third-order valence-electron chi connectivity index (χ3n) is 5.20. The van der Waals surface area contributed by atoms with Crippen LogP contribution in [-0.2, 0) is 13.6 Å². The summed E-state index contributed by atoms with van der Waals surface area (Å²) in [6, 6.07) is 4.45. The molecule has 0 N–H and O–H groups in total. The Morgan fingerprint density at radius 3 is 2.74 bits per heavy atom. The first-order valence-corrected chi connectivity index (χ1v) is 8.42. The summed E-state index contributed by atoms with van der Waals surface area (Å²) in [6.45, 7) is 4.74. The average molecular weight is 313 g/mol. The molecule has 4 rings (SSSR count). The molecule has 2 fully saturated rings. The Kier molecular flexibility index (Phi) is 3.32. The number of carbonyl (C=O) groups excluding carboxylic acids is 1. The van der Waals surface area contributed by atoms with Gasteiger partial charge in [-0.1, -0.05) is 6.92 Å². The van der Waals surface area contributed by atoms with Crippen molar-refractivity contribution in [3.8, 4) is 0 Å². The number of aromatic nitrogens is 2. The Morgan fingerprint density at radius 2 is 2.17 bits per heavy atom. The van der Waals surface area contributed by atoms with E-state index < -0.39 is 0 Å². The number of nitrogens with zero attached hydrogens (tertiary/aromatic N) is 3. The van der Waals surface area contributed by atoms with Gasteiger partial charge in [0.2, 0.25) is 0 Å². The predicted molar refractivity (Wildman–Crippen MR) is 86.1 cm³/mol. The fourth-order valence-electron chi connectivity index (χ4n) is 3.18. The third kappa shape index (κ3) is 2.69. The maximum atomic E-state index is 12.9. The van der Waals surface area contributed by atoms with E-state index in [1.165, 1.54) is 6.42 Å². The van der Waals surface area contributed by atoms with E-state index >= 15 is 0 Å². The maximum absolute atomic E-state index is 12.9. The summed E-state index contributed by atoms with van der Waals surface area (Å²) in [7, 11) is 1.86. The Bertz CT molecular complexity index is 741. The van der Waals surface area contributed by atoms with Crippen LogP contribution in [0.15, 0.2) is 22.7 Å². The molecule has 0 bridgehead atoms. The molecular weight excluding hydrogens is 290 g/mol. The molecule has 0 radical (unpaired) electrons. The van der Waals surface area contributed by atoms with Crippen molar-refractivity contribution in [2.45, 2.75) is 51.6 Å². The van der Waals surface area contributed by atoms with E-state index in [-0.39, 0.29) is 5.91 Å². The molecule has 2 aromatic rings. The highest BCUT2D eigenvalue weighted by molar-refractivity contribution is 5.95. The first-order chi connectivity index (χ1) is 11.0. The van der Waals surface area contributed by atoms with Crippen molar-refractivity contribution in [2.75, 3.05) is 0 Å². The van der Waals surface area contributed by atoms with Gasteiger partial charge in [0.05, 0.1) is 18.3 Å². The molecule has 5 heteroatoms. The monoisotopic (exact) mass is 313 g/mol. The summed E-state index contributed by atoms with van der Waals surface area (Å²) in [5.74, 6) is 3.34. The molecule has 2 aliphatic carbocycles. The number of aryl methyl sites for hydroxylation is 1. The van der Waals surface area contributed by atoms with Gasteiger partial charge < -0.3 is 9.32 Å². The van der Waals surface area contributed by atoms with Gasteiger partial charge in [0, 0.05) is 24.7 Å². The van der Waals surface area contributed by atoms with Gasteiger partial charge in [-0.15, -0.1) is 0 Å². The zero-order valence-electron chi connectivity index (χ0n) is 14.0. The topological polar surface area (TPSA) is 51.3 Å². The Labute approximate surface area is 136 Å². The summed E-state index contributed by atoms with van der Waals surface area (Å²) in [6.07, 6.45) is 5.05. The number of rotatable bonds is 5. The van der Waals surface area contributed by atoms with Gasteiger partial charge in [-0.05, 0) is 44.2 Å². The Balaban J connectivity index is 1.53. The lowest BCUT2D eigenvalue weighted by molar-refractivity contribution is 0.0716. The molecule has 2 saturated carbocycles. The Hall–Kier alpha value is -2.04. The third-order valence-corrected chi connectivity index (χ3v) is 5.20. The van der Waals surface area contributed by atoms with E-state index in [4.69, 9.17) is 4.42 Å². The average Bonchev–Trinajstić information content (AvgIpc) is 3.42. The van der Waals surface area contributed by atoms with Crippen LogP contribution in [0.4, 0.5) is 0 Å². The van der Waals surface area contributed by atoms with Crippen LogP contribution in [0.1, 0.15) is 59.7 Å². The standard InChI is InChI=1S/C18H23N3O2/c1-11-8-15(11)17-7-6-14(23-17)10-21(13-4-5-13)18(22)16-9-19-20(3)12(16)2/h6-7,9,11,13,15H,4-5,8,10H2,1-3H3/t11-,15-/m1/s1. The molecule has 1 amide bonds. The van der Waals surface area contributed by atoms with Crippen molar-refractivity contribution < 1.29 is 9.21 Å². The molecule has 0 unspecified atom stereocenters. The van der Waals surface area contributed by atoms with Crippen LogP contribution in [0.25, 0.3) is 0 Å². The van der Waals surface area contributed by atoms with E-state index in [0.717, 1.165) is 36.0 Å². The van der Waals surface area contributed by atoms with E-state index in [0.29, 0.717) is 24.1 Å². The number of carbonyl (C=O) groups is 1. The van der Waals surface area contributed by atoms with E-state index in [9.17, 15) is 4.79 Å². The minimum Gasteiger partial charge on any atom is -0.464 e. The van der Waals surface area contributed by atoms with Gasteiger partial charge in [0.25, 0.3) is 5.91 Å². The number of hydrogen-bond acceptors (Lipinski definition) is 3. The highest BCUT2D eigenvalue weighted by Crippen LogP contribution is 2.47. The summed E-state index contributed by atoms with van der Waals surface area (Å²) < 4.78 is 7.74. The van der Waals surface area contributed by atoms with Gasteiger partial charge in [0.1, 0.15) is 11.5 Å². The maximum Gasteiger partial charge on any atom is 0.257 e. The van der Waals surface area contributed by atoms with Crippen molar-refractivity contribution in [1.82, 2.24) is 14.7 Å². The number of furan rings is 1. The van der Waals surface area contributed by atoms with Gasteiger partial charge in [0.15, 0.2) is 0 Å². The molecule has 0 saturated heterocycles. The first-order valence-electron chi connectivity index (χ1n) is 8.42. The summed E-state index contributed by atoms with van der Waals surface area (Å²) in [5, 5.41) is 4.20. The molecular formula is C18H23N3O2. The van der Waals surface area contributed by atoms with Crippen LogP contribution in [-0.4, -0.2) is 26.6 Å². The lowest BCUT2D eigenvalue weighted by Crippen LogP contribution is -2.32. The SMILES string of the molecule is Cc1c(C(=O)N(Cc2ccc([C@@H]3C[C@H]3C)o2)C2CC2)cnn1C. The predicted octanol–water partition coefficient (Wildman–Crippen LogP) is 3.25. The van der Waals surface area contributed by atoms with Crippen molar-refractivity contribution in [3.05, 3.63) is 41.1 Å². The first kappa shape index (κ1) is 14.5. The Morgan fingerprint density at radius 1 is 1.43 bits per heavy atom. The minimum absolute atomic E-state index is 0.0656. The van der Waals surface area contributed by atoms with Crippen LogP contribution in [0, 0.1) is 12.8 Å². The van der Waals surface area contributed by atoms with E-state index in [1.807, 2.05) is 24.9 Å². The lowest BCUT2D eigenvalue weighted by Gasteiger charge is -2.21. The minimum atomic E-state index is 0.0656. The largest absolute Gasteiger partial charge is 0.464 e. The fourth-order valence-corrected chi connectivity index (χ4v) is 3.18. The van der Waals surface area contributed by atoms with Gasteiger partial charge in [-0.3, -0.25) is 9.48 Å². The molecule has 2 aromatic heterocycles. The van der Waals surface area contributed by atoms with E-state index in [1.54, 1.807) is 10.9 Å². The molecule has 2 heterocycles. The van der Waals surface area contributed by atoms with Gasteiger partial charge >= 0.3 is 0 Å². The quantitative estimate of drug-likeness (QED) is 0.851. The molecule has 2 aliphatic rings. The fraction of sp³-hybridized carbons (Fsp3) is 0.556. The van der Waals surface area contributed by atoms with Gasteiger partial charge in [-0.25, -0.2) is 0 Å². The van der Waals surface area contributed by atoms with Crippen LogP contribution in [0.3, 0.4) is 0 Å². The zero-order valence-corrected chi connectivity index (χ0v) is 14.0. The summed E-state index contributed by atoms with van der Waals surface area (Å²) in [4.78, 5) is 14.8. The van der Waals surface area contributed by atoms with Gasteiger partial charge in [-0.2, -0.15) is 5.10 Å².